The number of ether oxygens (including phenoxy) is 1. The van der Waals surface area contributed by atoms with Gasteiger partial charge in [-0.2, -0.15) is 0 Å². The van der Waals surface area contributed by atoms with Crippen LogP contribution in [-0.2, 0) is 6.54 Å². The average Bonchev–Trinajstić information content (AvgIpc) is 2.80. The van der Waals surface area contributed by atoms with Gasteiger partial charge >= 0.3 is 0 Å². The minimum Gasteiger partial charge on any atom is -0.504 e. The lowest BCUT2D eigenvalue weighted by atomic mass is 10.0. The van der Waals surface area contributed by atoms with Crippen LogP contribution in [0.5, 0.6) is 17.4 Å². The van der Waals surface area contributed by atoms with Crippen molar-refractivity contribution >= 4 is 29.1 Å². The van der Waals surface area contributed by atoms with Crippen molar-refractivity contribution in [2.24, 2.45) is 4.99 Å². The smallest absolute Gasteiger partial charge is 0.258 e. The number of phenolic OH excluding ortho intramolecular Hbond substituents is 1. The third-order valence-corrected chi connectivity index (χ3v) is 4.94. The first-order valence-corrected chi connectivity index (χ1v) is 9.89. The van der Waals surface area contributed by atoms with Gasteiger partial charge in [0, 0.05) is 23.2 Å². The Balaban J connectivity index is 1.66. The fraction of sp³-hybridized carbons (Fsp3) is 0.0800. The van der Waals surface area contributed by atoms with E-state index >= 15 is 0 Å². The predicted molar refractivity (Wildman–Crippen MR) is 125 cm³/mol. The molecule has 0 spiro atoms. The molecule has 4 aromatic rings. The molecule has 0 unspecified atom stereocenters. The summed E-state index contributed by atoms with van der Waals surface area (Å²) in [6, 6.07) is 16.0. The van der Waals surface area contributed by atoms with Crippen LogP contribution in [0.15, 0.2) is 70.6 Å². The summed E-state index contributed by atoms with van der Waals surface area (Å²) in [4.78, 5) is 23.4. The summed E-state index contributed by atoms with van der Waals surface area (Å²) >= 11 is 0. The number of methoxy groups -OCH3 is 1. The first kappa shape index (κ1) is 20.9. The van der Waals surface area contributed by atoms with Gasteiger partial charge in [-0.25, -0.2) is 0 Å². The standard InChI is InChI=1S/C25H21N3O4/c1-32-23-10-7-17(13-22(23)29)14-26-15-21-20-12-16(5-8-18-4-2-3-11-27-18)6-9-19(20)24(30)28-25(21)31/h2-13,15,29H,14H2,1H3,(H2,28,30,31)/b8-5+,26-15?. The molecule has 7 heteroatoms. The molecular formula is C25H21N3O4. The number of aromatic hydroxyl groups is 2. The number of aromatic amines is 1. The van der Waals surface area contributed by atoms with Crippen LogP contribution in [-0.4, -0.2) is 33.5 Å². The number of aromatic nitrogens is 2. The molecule has 2 aromatic carbocycles. The zero-order chi connectivity index (χ0) is 22.5. The number of phenols is 1. The second kappa shape index (κ2) is 9.18. The van der Waals surface area contributed by atoms with Gasteiger partial charge in [0.2, 0.25) is 5.88 Å². The van der Waals surface area contributed by atoms with E-state index < -0.39 is 0 Å². The molecule has 7 nitrogen and oxygen atoms in total. The van der Waals surface area contributed by atoms with E-state index in [0.717, 1.165) is 16.8 Å². The third kappa shape index (κ3) is 4.52. The SMILES string of the molecule is COc1ccc(CN=Cc2c(O)[nH]c(=O)c3ccc(/C=C/c4ccccn4)cc23)cc1O. The Kier molecular flexibility index (Phi) is 5.98. The molecule has 0 radical (unpaired) electrons. The summed E-state index contributed by atoms with van der Waals surface area (Å²) in [5, 5.41) is 21.3. The number of H-pyrrole nitrogens is 1. The van der Waals surface area contributed by atoms with Gasteiger partial charge < -0.3 is 14.9 Å². The maximum atomic E-state index is 12.3. The quantitative estimate of drug-likeness (QED) is 0.401. The highest BCUT2D eigenvalue weighted by atomic mass is 16.5. The highest BCUT2D eigenvalue weighted by Gasteiger charge is 2.10. The molecule has 0 aliphatic heterocycles. The number of pyridine rings is 2. The van der Waals surface area contributed by atoms with Crippen molar-refractivity contribution in [1.82, 2.24) is 9.97 Å². The third-order valence-electron chi connectivity index (χ3n) is 4.94. The highest BCUT2D eigenvalue weighted by molar-refractivity contribution is 6.02. The molecule has 32 heavy (non-hydrogen) atoms. The maximum Gasteiger partial charge on any atom is 0.258 e. The monoisotopic (exact) mass is 427 g/mol. The number of benzene rings is 2. The van der Waals surface area contributed by atoms with E-state index in [4.69, 9.17) is 4.74 Å². The Hall–Kier alpha value is -4.39. The zero-order valence-electron chi connectivity index (χ0n) is 17.3. The molecule has 4 rings (SSSR count). The molecular weight excluding hydrogens is 406 g/mol. The number of fused-ring (bicyclic) bond motifs is 1. The largest absolute Gasteiger partial charge is 0.504 e. The van der Waals surface area contributed by atoms with E-state index in [-0.39, 0.29) is 23.7 Å². The highest BCUT2D eigenvalue weighted by Crippen LogP contribution is 2.27. The van der Waals surface area contributed by atoms with Crippen LogP contribution < -0.4 is 10.3 Å². The molecule has 2 heterocycles. The van der Waals surface area contributed by atoms with Crippen LogP contribution >= 0.6 is 0 Å². The molecule has 0 aliphatic carbocycles. The van der Waals surface area contributed by atoms with Gasteiger partial charge in [0.25, 0.3) is 5.56 Å². The number of hydrogen-bond acceptors (Lipinski definition) is 6. The Morgan fingerprint density at radius 3 is 2.69 bits per heavy atom. The zero-order valence-corrected chi connectivity index (χ0v) is 17.3. The molecule has 3 N–H and O–H groups in total. The van der Waals surface area contributed by atoms with Crippen LogP contribution in [0.25, 0.3) is 22.9 Å². The van der Waals surface area contributed by atoms with Crippen molar-refractivity contribution < 1.29 is 14.9 Å². The van der Waals surface area contributed by atoms with Crippen molar-refractivity contribution in [2.45, 2.75) is 6.54 Å². The van der Waals surface area contributed by atoms with Gasteiger partial charge in [0.15, 0.2) is 11.5 Å². The molecule has 0 bridgehead atoms. The molecule has 0 atom stereocenters. The molecule has 160 valence electrons. The molecule has 2 aromatic heterocycles. The Morgan fingerprint density at radius 1 is 1.06 bits per heavy atom. The number of rotatable bonds is 6. The maximum absolute atomic E-state index is 12.3. The molecule has 0 aliphatic rings. The van der Waals surface area contributed by atoms with Gasteiger partial charge in [-0.15, -0.1) is 0 Å². The first-order chi connectivity index (χ1) is 15.5. The van der Waals surface area contributed by atoms with E-state index in [9.17, 15) is 15.0 Å². The van der Waals surface area contributed by atoms with E-state index in [1.165, 1.54) is 13.3 Å². The summed E-state index contributed by atoms with van der Waals surface area (Å²) in [6.07, 6.45) is 7.00. The van der Waals surface area contributed by atoms with E-state index in [1.54, 1.807) is 30.5 Å². The topological polar surface area (TPSA) is 108 Å². The summed E-state index contributed by atoms with van der Waals surface area (Å²) < 4.78 is 5.04. The van der Waals surface area contributed by atoms with E-state index in [2.05, 4.69) is 15.0 Å². The predicted octanol–water partition coefficient (Wildman–Crippen LogP) is 4.13. The fourth-order valence-corrected chi connectivity index (χ4v) is 3.32. The number of nitrogens with zero attached hydrogens (tertiary/aromatic N) is 2. The van der Waals surface area contributed by atoms with Crippen LogP contribution in [0.3, 0.4) is 0 Å². The van der Waals surface area contributed by atoms with Gasteiger partial charge in [-0.3, -0.25) is 19.8 Å². The van der Waals surface area contributed by atoms with Gasteiger partial charge in [-0.05, 0) is 53.6 Å². The van der Waals surface area contributed by atoms with Gasteiger partial charge in [0.05, 0.1) is 24.9 Å². The minimum atomic E-state index is -0.380. The van der Waals surface area contributed by atoms with Crippen LogP contribution in [0.4, 0.5) is 0 Å². The van der Waals surface area contributed by atoms with Crippen molar-refractivity contribution in [3.05, 3.63) is 93.5 Å². The Bertz CT molecular complexity index is 1380. The van der Waals surface area contributed by atoms with Crippen LogP contribution in [0.2, 0.25) is 0 Å². The lowest BCUT2D eigenvalue weighted by molar-refractivity contribution is 0.373. The molecule has 0 amide bonds. The van der Waals surface area contributed by atoms with E-state index in [0.29, 0.717) is 22.1 Å². The van der Waals surface area contributed by atoms with Gasteiger partial charge in [-0.1, -0.05) is 24.3 Å². The first-order valence-electron chi connectivity index (χ1n) is 9.89. The number of hydrogen-bond donors (Lipinski definition) is 3. The second-order valence-corrected chi connectivity index (χ2v) is 7.09. The Labute approximate surface area is 184 Å². The number of nitrogens with one attached hydrogen (secondary N) is 1. The summed E-state index contributed by atoms with van der Waals surface area (Å²) in [5.41, 5.74) is 2.46. The normalized spacial score (nSPS) is 11.5. The number of aliphatic imine (C=N–C) groups is 1. The fourth-order valence-electron chi connectivity index (χ4n) is 3.32. The van der Waals surface area contributed by atoms with Gasteiger partial charge in [0.1, 0.15) is 0 Å². The van der Waals surface area contributed by atoms with Crippen LogP contribution in [0, 0.1) is 0 Å². The summed E-state index contributed by atoms with van der Waals surface area (Å²) in [5.74, 6) is 0.157. The lowest BCUT2D eigenvalue weighted by Crippen LogP contribution is -2.08. The molecule has 0 fully saturated rings. The average molecular weight is 427 g/mol. The minimum absolute atomic E-state index is 0.0295. The molecule has 0 saturated carbocycles. The van der Waals surface area contributed by atoms with Crippen molar-refractivity contribution in [3.63, 3.8) is 0 Å². The van der Waals surface area contributed by atoms with Crippen molar-refractivity contribution in [3.8, 4) is 17.4 Å². The van der Waals surface area contributed by atoms with E-state index in [1.807, 2.05) is 42.5 Å². The summed E-state index contributed by atoms with van der Waals surface area (Å²) in [7, 11) is 1.48. The second-order valence-electron chi connectivity index (χ2n) is 7.09. The lowest BCUT2D eigenvalue weighted by Gasteiger charge is -2.07. The van der Waals surface area contributed by atoms with Crippen LogP contribution in [0.1, 0.15) is 22.4 Å². The van der Waals surface area contributed by atoms with Crippen molar-refractivity contribution in [1.29, 1.82) is 0 Å². The molecule has 0 saturated heterocycles. The van der Waals surface area contributed by atoms with Crippen molar-refractivity contribution in [2.75, 3.05) is 7.11 Å². The summed E-state index contributed by atoms with van der Waals surface area (Å²) in [6.45, 7) is 0.275. The Morgan fingerprint density at radius 2 is 1.94 bits per heavy atom.